The Morgan fingerprint density at radius 2 is 1.57 bits per heavy atom. The third-order valence-corrected chi connectivity index (χ3v) is 4.29. The summed E-state index contributed by atoms with van der Waals surface area (Å²) in [4.78, 5) is 24.5. The van der Waals surface area contributed by atoms with Crippen LogP contribution in [-0.2, 0) is 0 Å². The standard InChI is InChI=1S/C20H15ClN2O5/c21-15-10-12(11-17-18(15)28-9-8-27-17)19(24)22-13-3-5-14(6-4-13)23-20(25)16-2-1-7-26-16/h1-7,10-11H,8-9H2,(H,22,24)(H,23,25). The second-order valence-electron chi connectivity index (χ2n) is 5.95. The fourth-order valence-electron chi connectivity index (χ4n) is 2.68. The number of carbonyl (C=O) groups excluding carboxylic acids is 2. The van der Waals surface area contributed by atoms with Crippen molar-refractivity contribution in [1.82, 2.24) is 0 Å². The predicted molar refractivity (Wildman–Crippen MR) is 103 cm³/mol. The van der Waals surface area contributed by atoms with Gasteiger partial charge in [0, 0.05) is 16.9 Å². The summed E-state index contributed by atoms with van der Waals surface area (Å²) in [7, 11) is 0. The molecule has 8 heteroatoms. The second kappa shape index (κ2) is 7.66. The van der Waals surface area contributed by atoms with E-state index in [9.17, 15) is 9.59 Å². The van der Waals surface area contributed by atoms with Gasteiger partial charge in [-0.25, -0.2) is 0 Å². The minimum atomic E-state index is -0.354. The van der Waals surface area contributed by atoms with Crippen molar-refractivity contribution in [2.45, 2.75) is 0 Å². The first-order valence-corrected chi connectivity index (χ1v) is 8.83. The number of hydrogen-bond acceptors (Lipinski definition) is 5. The number of furan rings is 1. The van der Waals surface area contributed by atoms with Crippen molar-refractivity contribution in [1.29, 1.82) is 0 Å². The van der Waals surface area contributed by atoms with Crippen LogP contribution in [0, 0.1) is 0 Å². The summed E-state index contributed by atoms with van der Waals surface area (Å²) >= 11 is 6.17. The SMILES string of the molecule is O=C(Nc1ccc(NC(=O)c2ccco2)cc1)c1cc(Cl)c2c(c1)OCCO2. The minimum Gasteiger partial charge on any atom is -0.486 e. The predicted octanol–water partition coefficient (Wildman–Crippen LogP) is 4.21. The van der Waals surface area contributed by atoms with Crippen LogP contribution in [0.3, 0.4) is 0 Å². The maximum Gasteiger partial charge on any atom is 0.291 e. The van der Waals surface area contributed by atoms with Gasteiger partial charge in [-0.3, -0.25) is 9.59 Å². The molecule has 0 aliphatic carbocycles. The second-order valence-corrected chi connectivity index (χ2v) is 6.35. The molecule has 1 aliphatic rings. The summed E-state index contributed by atoms with van der Waals surface area (Å²) in [5.41, 5.74) is 1.48. The normalized spacial score (nSPS) is 12.3. The number of hydrogen-bond donors (Lipinski definition) is 2. The molecule has 28 heavy (non-hydrogen) atoms. The Kier molecular flexibility index (Phi) is 4.90. The van der Waals surface area contributed by atoms with E-state index in [4.69, 9.17) is 25.5 Å². The third kappa shape index (κ3) is 3.79. The first kappa shape index (κ1) is 17.9. The van der Waals surface area contributed by atoms with Crippen LogP contribution in [0.15, 0.2) is 59.2 Å². The number of nitrogens with one attached hydrogen (secondary N) is 2. The van der Waals surface area contributed by atoms with Crippen LogP contribution in [0.1, 0.15) is 20.9 Å². The molecule has 0 fully saturated rings. The molecule has 142 valence electrons. The van der Waals surface area contributed by atoms with Crippen molar-refractivity contribution in [2.75, 3.05) is 23.8 Å². The van der Waals surface area contributed by atoms with Crippen molar-refractivity contribution in [3.05, 3.63) is 71.1 Å². The van der Waals surface area contributed by atoms with Crippen molar-refractivity contribution in [3.63, 3.8) is 0 Å². The van der Waals surface area contributed by atoms with Gasteiger partial charge in [-0.05, 0) is 48.5 Å². The maximum atomic E-state index is 12.5. The average molecular weight is 399 g/mol. The number of amides is 2. The van der Waals surface area contributed by atoms with E-state index in [0.717, 1.165) is 0 Å². The maximum absolute atomic E-state index is 12.5. The number of rotatable bonds is 4. The van der Waals surface area contributed by atoms with Crippen molar-refractivity contribution < 1.29 is 23.5 Å². The monoisotopic (exact) mass is 398 g/mol. The number of halogens is 1. The molecule has 0 saturated heterocycles. The molecule has 2 N–H and O–H groups in total. The van der Waals surface area contributed by atoms with E-state index in [1.54, 1.807) is 42.5 Å². The summed E-state index contributed by atoms with van der Waals surface area (Å²) in [6.07, 6.45) is 1.43. The molecule has 0 radical (unpaired) electrons. The lowest BCUT2D eigenvalue weighted by Gasteiger charge is -2.20. The molecular formula is C20H15ClN2O5. The first-order chi connectivity index (χ1) is 13.6. The van der Waals surface area contributed by atoms with Gasteiger partial charge in [0.15, 0.2) is 17.3 Å². The number of carbonyl (C=O) groups is 2. The zero-order valence-corrected chi connectivity index (χ0v) is 15.3. The van der Waals surface area contributed by atoms with Crippen LogP contribution in [0.5, 0.6) is 11.5 Å². The summed E-state index contributed by atoms with van der Waals surface area (Å²) in [5.74, 6) is 0.410. The highest BCUT2D eigenvalue weighted by Crippen LogP contribution is 2.38. The Morgan fingerprint density at radius 3 is 2.25 bits per heavy atom. The summed E-state index contributed by atoms with van der Waals surface area (Å²) in [5, 5.41) is 5.80. The molecular weight excluding hydrogens is 384 g/mol. The first-order valence-electron chi connectivity index (χ1n) is 8.45. The van der Waals surface area contributed by atoms with E-state index in [1.165, 1.54) is 12.3 Å². The van der Waals surface area contributed by atoms with Gasteiger partial charge in [-0.15, -0.1) is 0 Å². The molecule has 7 nitrogen and oxygen atoms in total. The van der Waals surface area contributed by atoms with Gasteiger partial charge in [0.05, 0.1) is 11.3 Å². The molecule has 0 spiro atoms. The Labute approximate surface area is 165 Å². The Bertz CT molecular complexity index is 1020. The quantitative estimate of drug-likeness (QED) is 0.687. The van der Waals surface area contributed by atoms with Crippen LogP contribution >= 0.6 is 11.6 Å². The van der Waals surface area contributed by atoms with E-state index in [2.05, 4.69) is 10.6 Å². The lowest BCUT2D eigenvalue weighted by Crippen LogP contribution is -2.17. The lowest BCUT2D eigenvalue weighted by molar-refractivity contribution is 0.0994. The third-order valence-electron chi connectivity index (χ3n) is 4.00. The van der Waals surface area contributed by atoms with Crippen molar-refractivity contribution in [2.24, 2.45) is 0 Å². The minimum absolute atomic E-state index is 0.216. The molecule has 2 heterocycles. The van der Waals surface area contributed by atoms with Crippen LogP contribution in [0.4, 0.5) is 11.4 Å². The van der Waals surface area contributed by atoms with Crippen molar-refractivity contribution in [3.8, 4) is 11.5 Å². The Balaban J connectivity index is 1.43. The van der Waals surface area contributed by atoms with E-state index in [-0.39, 0.29) is 17.6 Å². The summed E-state index contributed by atoms with van der Waals surface area (Å²) in [6.45, 7) is 0.820. The molecule has 0 unspecified atom stereocenters. The zero-order valence-electron chi connectivity index (χ0n) is 14.5. The smallest absolute Gasteiger partial charge is 0.291 e. The number of benzene rings is 2. The molecule has 4 rings (SSSR count). The van der Waals surface area contributed by atoms with E-state index in [0.29, 0.717) is 46.7 Å². The van der Waals surface area contributed by atoms with Gasteiger partial charge in [-0.1, -0.05) is 11.6 Å². The lowest BCUT2D eigenvalue weighted by atomic mass is 10.1. The fourth-order valence-corrected chi connectivity index (χ4v) is 2.95. The largest absolute Gasteiger partial charge is 0.486 e. The highest BCUT2D eigenvalue weighted by atomic mass is 35.5. The fraction of sp³-hybridized carbons (Fsp3) is 0.100. The Hall–Kier alpha value is -3.45. The number of fused-ring (bicyclic) bond motifs is 1. The molecule has 0 saturated carbocycles. The van der Waals surface area contributed by atoms with Gasteiger partial charge in [0.1, 0.15) is 13.2 Å². The molecule has 1 aliphatic heterocycles. The summed E-state index contributed by atoms with van der Waals surface area (Å²) in [6, 6.07) is 13.0. The van der Waals surface area contributed by atoms with Crippen LogP contribution in [-0.4, -0.2) is 25.0 Å². The van der Waals surface area contributed by atoms with Crippen molar-refractivity contribution >= 4 is 34.8 Å². The van der Waals surface area contributed by atoms with Gasteiger partial charge in [0.2, 0.25) is 0 Å². The zero-order chi connectivity index (χ0) is 19.5. The summed E-state index contributed by atoms with van der Waals surface area (Å²) < 4.78 is 16.0. The molecule has 1 aromatic heterocycles. The topological polar surface area (TPSA) is 89.8 Å². The van der Waals surface area contributed by atoms with Crippen LogP contribution in [0.2, 0.25) is 5.02 Å². The van der Waals surface area contributed by atoms with Crippen LogP contribution < -0.4 is 20.1 Å². The molecule has 2 amide bonds. The van der Waals surface area contributed by atoms with E-state index < -0.39 is 0 Å². The highest BCUT2D eigenvalue weighted by Gasteiger charge is 2.19. The Morgan fingerprint density at radius 1 is 0.893 bits per heavy atom. The van der Waals surface area contributed by atoms with E-state index in [1.807, 2.05) is 0 Å². The molecule has 3 aromatic rings. The van der Waals surface area contributed by atoms with E-state index >= 15 is 0 Å². The molecule has 0 atom stereocenters. The van der Waals surface area contributed by atoms with Gasteiger partial charge < -0.3 is 24.5 Å². The molecule has 0 bridgehead atoms. The number of ether oxygens (including phenoxy) is 2. The van der Waals surface area contributed by atoms with Gasteiger partial charge in [0.25, 0.3) is 11.8 Å². The van der Waals surface area contributed by atoms with Crippen LogP contribution in [0.25, 0.3) is 0 Å². The highest BCUT2D eigenvalue weighted by molar-refractivity contribution is 6.32. The molecule has 2 aromatic carbocycles. The average Bonchev–Trinajstić information content (AvgIpc) is 3.24. The van der Waals surface area contributed by atoms with Gasteiger partial charge in [-0.2, -0.15) is 0 Å². The van der Waals surface area contributed by atoms with Gasteiger partial charge >= 0.3 is 0 Å². The number of anilines is 2.